The molecule has 7 heteroatoms. The Balaban J connectivity index is 2.64. The van der Waals surface area contributed by atoms with Crippen LogP contribution < -0.4 is 4.74 Å². The monoisotopic (exact) mass is 320 g/mol. The van der Waals surface area contributed by atoms with Crippen LogP contribution in [0.2, 0.25) is 0 Å². The smallest absolute Gasteiger partial charge is 0.419 e. The van der Waals surface area contributed by atoms with E-state index < -0.39 is 29.2 Å². The number of rotatable bonds is 2. The molecule has 0 aromatic heterocycles. The molecule has 2 aromatic carbocycles. The summed E-state index contributed by atoms with van der Waals surface area (Å²) in [4.78, 5) is 0. The highest BCUT2D eigenvalue weighted by Gasteiger charge is 2.36. The summed E-state index contributed by atoms with van der Waals surface area (Å²) < 4.78 is 81.8. The summed E-state index contributed by atoms with van der Waals surface area (Å²) in [5.41, 5.74) is -2.03. The number of hydrogen-bond acceptors (Lipinski definition) is 1. The molecule has 0 saturated heterocycles. The van der Waals surface area contributed by atoms with Crippen LogP contribution in [0.15, 0.2) is 42.5 Å². The maximum absolute atomic E-state index is 12.9. The van der Waals surface area contributed by atoms with Gasteiger partial charge >= 0.3 is 12.4 Å². The van der Waals surface area contributed by atoms with Crippen molar-refractivity contribution < 1.29 is 31.1 Å². The van der Waals surface area contributed by atoms with Crippen LogP contribution in [0.4, 0.5) is 26.3 Å². The van der Waals surface area contributed by atoms with Gasteiger partial charge in [0.25, 0.3) is 0 Å². The number of benzene rings is 2. The SMILES string of the molecule is COc1c(-c2cccc(C(F)(F)F)c2)cccc1C(F)(F)F. The second kappa shape index (κ2) is 5.55. The molecule has 0 aliphatic rings. The fraction of sp³-hybridized carbons (Fsp3) is 0.200. The molecule has 0 amide bonds. The normalized spacial score (nSPS) is 12.3. The molecule has 118 valence electrons. The minimum absolute atomic E-state index is 0.00206. The van der Waals surface area contributed by atoms with Crippen molar-refractivity contribution in [3.8, 4) is 16.9 Å². The zero-order valence-electron chi connectivity index (χ0n) is 11.2. The second-order valence-electron chi connectivity index (χ2n) is 4.46. The van der Waals surface area contributed by atoms with Gasteiger partial charge < -0.3 is 4.74 Å². The summed E-state index contributed by atoms with van der Waals surface area (Å²) in [6.45, 7) is 0. The zero-order valence-corrected chi connectivity index (χ0v) is 11.2. The predicted molar refractivity (Wildman–Crippen MR) is 68.4 cm³/mol. The van der Waals surface area contributed by atoms with E-state index in [4.69, 9.17) is 4.74 Å². The van der Waals surface area contributed by atoms with Crippen molar-refractivity contribution in [2.45, 2.75) is 12.4 Å². The lowest BCUT2D eigenvalue weighted by Gasteiger charge is -2.16. The molecule has 0 bridgehead atoms. The number of para-hydroxylation sites is 1. The van der Waals surface area contributed by atoms with Crippen molar-refractivity contribution in [3.05, 3.63) is 53.6 Å². The zero-order chi connectivity index (χ0) is 16.5. The quantitative estimate of drug-likeness (QED) is 0.673. The fourth-order valence-corrected chi connectivity index (χ4v) is 2.07. The lowest BCUT2D eigenvalue weighted by atomic mass is 9.99. The van der Waals surface area contributed by atoms with E-state index in [9.17, 15) is 26.3 Å². The Hall–Kier alpha value is -2.18. The van der Waals surface area contributed by atoms with Gasteiger partial charge in [-0.1, -0.05) is 24.3 Å². The third-order valence-corrected chi connectivity index (χ3v) is 3.03. The summed E-state index contributed by atoms with van der Waals surface area (Å²) in [6, 6.07) is 7.30. The van der Waals surface area contributed by atoms with Crippen molar-refractivity contribution in [1.29, 1.82) is 0 Å². The van der Waals surface area contributed by atoms with Gasteiger partial charge in [-0.25, -0.2) is 0 Å². The molecule has 0 aliphatic carbocycles. The van der Waals surface area contributed by atoms with Gasteiger partial charge in [0.05, 0.1) is 18.2 Å². The summed E-state index contributed by atoms with van der Waals surface area (Å²) in [7, 11) is 1.04. The van der Waals surface area contributed by atoms with E-state index in [1.165, 1.54) is 12.1 Å². The third kappa shape index (κ3) is 3.18. The molecule has 0 spiro atoms. The minimum Gasteiger partial charge on any atom is -0.495 e. The van der Waals surface area contributed by atoms with Crippen LogP contribution in [0.25, 0.3) is 11.1 Å². The number of alkyl halides is 6. The average molecular weight is 320 g/mol. The van der Waals surface area contributed by atoms with Crippen molar-refractivity contribution in [2.75, 3.05) is 7.11 Å². The Morgan fingerprint density at radius 3 is 2.00 bits per heavy atom. The molecule has 2 rings (SSSR count). The largest absolute Gasteiger partial charge is 0.495 e. The lowest BCUT2D eigenvalue weighted by Crippen LogP contribution is -2.08. The van der Waals surface area contributed by atoms with Crippen molar-refractivity contribution in [2.24, 2.45) is 0 Å². The lowest BCUT2D eigenvalue weighted by molar-refractivity contribution is -0.139. The highest BCUT2D eigenvalue weighted by molar-refractivity contribution is 5.73. The minimum atomic E-state index is -4.66. The van der Waals surface area contributed by atoms with Crippen LogP contribution >= 0.6 is 0 Å². The molecule has 0 radical (unpaired) electrons. The van der Waals surface area contributed by atoms with Gasteiger partial charge in [-0.3, -0.25) is 0 Å². The van der Waals surface area contributed by atoms with Crippen LogP contribution in [-0.4, -0.2) is 7.11 Å². The standard InChI is InChI=1S/C15H10F6O/c1-22-13-11(6-3-7-12(13)15(19,20)21)9-4-2-5-10(8-9)14(16,17)18/h2-8H,1H3. The molecule has 1 nitrogen and oxygen atoms in total. The molecular weight excluding hydrogens is 310 g/mol. The van der Waals surface area contributed by atoms with E-state index in [1.54, 1.807) is 0 Å². The molecule has 0 fully saturated rings. The van der Waals surface area contributed by atoms with Crippen molar-refractivity contribution >= 4 is 0 Å². The van der Waals surface area contributed by atoms with Crippen LogP contribution in [-0.2, 0) is 12.4 Å². The predicted octanol–water partition coefficient (Wildman–Crippen LogP) is 5.40. The highest BCUT2D eigenvalue weighted by Crippen LogP contribution is 2.42. The Labute approximate surface area is 122 Å². The molecule has 0 heterocycles. The summed E-state index contributed by atoms with van der Waals surface area (Å²) in [6.07, 6.45) is -9.24. The molecular formula is C15H10F6O. The first-order chi connectivity index (χ1) is 10.1. The van der Waals surface area contributed by atoms with Gasteiger partial charge in [0.15, 0.2) is 0 Å². The summed E-state index contributed by atoms with van der Waals surface area (Å²) in [5.74, 6) is -0.505. The maximum Gasteiger partial charge on any atom is 0.419 e. The fourth-order valence-electron chi connectivity index (χ4n) is 2.07. The number of methoxy groups -OCH3 is 1. The van der Waals surface area contributed by atoms with E-state index in [-0.39, 0.29) is 11.1 Å². The van der Waals surface area contributed by atoms with Gasteiger partial charge in [-0.2, -0.15) is 26.3 Å². The van der Waals surface area contributed by atoms with Crippen LogP contribution in [0.1, 0.15) is 11.1 Å². The first kappa shape index (κ1) is 16.2. The first-order valence-corrected chi connectivity index (χ1v) is 6.06. The van der Waals surface area contributed by atoms with Crippen LogP contribution in [0, 0.1) is 0 Å². The van der Waals surface area contributed by atoms with E-state index in [1.807, 2.05) is 0 Å². The Kier molecular flexibility index (Phi) is 4.08. The molecule has 0 N–H and O–H groups in total. The highest BCUT2D eigenvalue weighted by atomic mass is 19.4. The van der Waals surface area contributed by atoms with Gasteiger partial charge in [0.1, 0.15) is 5.75 Å². The third-order valence-electron chi connectivity index (χ3n) is 3.03. The number of hydrogen-bond donors (Lipinski definition) is 0. The van der Waals surface area contributed by atoms with Gasteiger partial charge in [0.2, 0.25) is 0 Å². The first-order valence-electron chi connectivity index (χ1n) is 6.06. The van der Waals surface area contributed by atoms with E-state index >= 15 is 0 Å². The van der Waals surface area contributed by atoms with E-state index in [0.717, 1.165) is 37.4 Å². The molecule has 0 saturated carbocycles. The van der Waals surface area contributed by atoms with Gasteiger partial charge in [-0.15, -0.1) is 0 Å². The molecule has 0 atom stereocenters. The van der Waals surface area contributed by atoms with Gasteiger partial charge in [0, 0.05) is 5.56 Å². The molecule has 22 heavy (non-hydrogen) atoms. The van der Waals surface area contributed by atoms with Crippen molar-refractivity contribution in [1.82, 2.24) is 0 Å². The van der Waals surface area contributed by atoms with E-state index in [0.29, 0.717) is 0 Å². The molecule has 2 aromatic rings. The average Bonchev–Trinajstić information content (AvgIpc) is 2.44. The summed E-state index contributed by atoms with van der Waals surface area (Å²) in [5, 5.41) is 0. The number of ether oxygens (including phenoxy) is 1. The molecule has 0 unspecified atom stereocenters. The second-order valence-corrected chi connectivity index (χ2v) is 4.46. The van der Waals surface area contributed by atoms with Crippen LogP contribution in [0.5, 0.6) is 5.75 Å². The van der Waals surface area contributed by atoms with E-state index in [2.05, 4.69) is 0 Å². The topological polar surface area (TPSA) is 9.23 Å². The Bertz CT molecular complexity index is 672. The Morgan fingerprint density at radius 1 is 0.818 bits per heavy atom. The van der Waals surface area contributed by atoms with Gasteiger partial charge in [-0.05, 0) is 23.8 Å². The Morgan fingerprint density at radius 2 is 1.45 bits per heavy atom. The van der Waals surface area contributed by atoms with Crippen molar-refractivity contribution in [3.63, 3.8) is 0 Å². The maximum atomic E-state index is 12.9. The number of halogens is 6. The van der Waals surface area contributed by atoms with Crippen LogP contribution in [0.3, 0.4) is 0 Å². The molecule has 0 aliphatic heterocycles. The summed E-state index contributed by atoms with van der Waals surface area (Å²) >= 11 is 0.